The Balaban J connectivity index is 0.00000529. The predicted octanol–water partition coefficient (Wildman–Crippen LogP) is 5.32. The molecule has 3 nitrogen and oxygen atoms in total. The summed E-state index contributed by atoms with van der Waals surface area (Å²) < 4.78 is 28.9. The van der Waals surface area contributed by atoms with Gasteiger partial charge in [0.25, 0.3) is 10.1 Å². The molecule has 1 radical (unpaired) electrons. The summed E-state index contributed by atoms with van der Waals surface area (Å²) in [4.78, 5) is 0.239. The van der Waals surface area contributed by atoms with Gasteiger partial charge in [-0.2, -0.15) is 8.42 Å². The van der Waals surface area contributed by atoms with Gasteiger partial charge in [-0.3, -0.25) is 4.18 Å². The van der Waals surface area contributed by atoms with Gasteiger partial charge in [-0.1, -0.05) is 89.3 Å². The molecular weight excluding hydrogens is 347 g/mol. The molecule has 0 saturated heterocycles. The smallest absolute Gasteiger partial charge is 0.266 e. The first-order chi connectivity index (χ1) is 11.2. The Kier molecular flexibility index (Phi) is 16.5. The normalized spacial score (nSPS) is 11.2. The summed E-state index contributed by atoms with van der Waals surface area (Å²) in [6.45, 7) is 2.53. The van der Waals surface area contributed by atoms with Crippen molar-refractivity contribution >= 4 is 61.5 Å². The van der Waals surface area contributed by atoms with Crippen LogP contribution in [0.25, 0.3) is 0 Å². The van der Waals surface area contributed by atoms with Crippen molar-refractivity contribution in [3.05, 3.63) is 30.3 Å². The van der Waals surface area contributed by atoms with Crippen LogP contribution in [0.3, 0.4) is 0 Å². The molecule has 0 saturated carbocycles. The molecule has 0 aromatic heterocycles. The molecule has 0 aliphatic rings. The minimum absolute atomic E-state index is 0. The molecule has 0 amide bonds. The first kappa shape index (κ1) is 24.8. The maximum absolute atomic E-state index is 11.9. The summed E-state index contributed by atoms with van der Waals surface area (Å²) in [6.07, 6.45) is 13.7. The maximum atomic E-state index is 11.9. The van der Waals surface area contributed by atoms with E-state index in [1.54, 1.807) is 30.3 Å². The van der Waals surface area contributed by atoms with Crippen LogP contribution in [-0.2, 0) is 14.3 Å². The number of benzene rings is 1. The molecular formula is C19H32KO3S. The molecule has 133 valence electrons. The zero-order valence-corrected chi connectivity index (χ0v) is 19.4. The van der Waals surface area contributed by atoms with Crippen molar-refractivity contribution in [3.8, 4) is 0 Å². The minimum atomic E-state index is -3.57. The molecule has 0 aliphatic heterocycles. The quantitative estimate of drug-likeness (QED) is 0.249. The van der Waals surface area contributed by atoms with Crippen molar-refractivity contribution in [3.63, 3.8) is 0 Å². The van der Waals surface area contributed by atoms with Gasteiger partial charge in [-0.05, 0) is 18.6 Å². The molecule has 24 heavy (non-hydrogen) atoms. The Hall–Kier alpha value is 0.766. The monoisotopic (exact) mass is 379 g/mol. The average molecular weight is 380 g/mol. The number of hydrogen-bond donors (Lipinski definition) is 0. The van der Waals surface area contributed by atoms with Crippen molar-refractivity contribution in [2.45, 2.75) is 82.4 Å². The summed E-state index contributed by atoms with van der Waals surface area (Å²) >= 11 is 0. The van der Waals surface area contributed by atoms with Gasteiger partial charge >= 0.3 is 0 Å². The van der Waals surface area contributed by atoms with Crippen molar-refractivity contribution in [2.75, 3.05) is 6.61 Å². The van der Waals surface area contributed by atoms with E-state index >= 15 is 0 Å². The predicted molar refractivity (Wildman–Crippen MR) is 102 cm³/mol. The fourth-order valence-electron chi connectivity index (χ4n) is 2.59. The van der Waals surface area contributed by atoms with Gasteiger partial charge < -0.3 is 0 Å². The molecule has 0 heterocycles. The van der Waals surface area contributed by atoms with Crippen molar-refractivity contribution in [1.29, 1.82) is 0 Å². The zero-order chi connectivity index (χ0) is 16.8. The van der Waals surface area contributed by atoms with Crippen molar-refractivity contribution < 1.29 is 12.6 Å². The van der Waals surface area contributed by atoms with Crippen LogP contribution in [0.5, 0.6) is 0 Å². The molecule has 0 fully saturated rings. The van der Waals surface area contributed by atoms with Crippen molar-refractivity contribution in [1.82, 2.24) is 0 Å². The summed E-state index contributed by atoms with van der Waals surface area (Å²) in [5.74, 6) is 0. The molecule has 0 bridgehead atoms. The Bertz CT molecular complexity index is 489. The molecule has 1 aromatic carbocycles. The Morgan fingerprint density at radius 2 is 1.21 bits per heavy atom. The van der Waals surface area contributed by atoms with E-state index < -0.39 is 10.1 Å². The second-order valence-electron chi connectivity index (χ2n) is 6.12. The SMILES string of the molecule is CCCCCCCCCCCCCOS(=O)(=O)c1ccccc1.[K]. The van der Waals surface area contributed by atoms with E-state index in [-0.39, 0.29) is 62.9 Å². The molecule has 1 rings (SSSR count). The summed E-state index contributed by atoms with van der Waals surface area (Å²) in [5.41, 5.74) is 0. The van der Waals surface area contributed by atoms with Crippen LogP contribution < -0.4 is 0 Å². The van der Waals surface area contributed by atoms with Gasteiger partial charge in [0.1, 0.15) is 0 Å². The van der Waals surface area contributed by atoms with E-state index in [4.69, 9.17) is 4.18 Å². The first-order valence-corrected chi connectivity index (χ1v) is 10.5. The minimum Gasteiger partial charge on any atom is -0.266 e. The van der Waals surface area contributed by atoms with Gasteiger partial charge in [0, 0.05) is 51.4 Å². The van der Waals surface area contributed by atoms with E-state index in [0.29, 0.717) is 0 Å². The third-order valence-electron chi connectivity index (χ3n) is 4.02. The fraction of sp³-hybridized carbons (Fsp3) is 0.684. The number of hydrogen-bond acceptors (Lipinski definition) is 3. The first-order valence-electron chi connectivity index (χ1n) is 9.11. The molecule has 0 N–H and O–H groups in total. The van der Waals surface area contributed by atoms with E-state index in [0.717, 1.165) is 12.8 Å². The van der Waals surface area contributed by atoms with Crippen LogP contribution in [0.1, 0.15) is 77.6 Å². The molecule has 1 aromatic rings. The molecule has 0 aliphatic carbocycles. The van der Waals surface area contributed by atoms with E-state index in [9.17, 15) is 8.42 Å². The fourth-order valence-corrected chi connectivity index (χ4v) is 3.55. The topological polar surface area (TPSA) is 43.4 Å². The second kappa shape index (κ2) is 16.0. The van der Waals surface area contributed by atoms with E-state index in [1.165, 1.54) is 57.8 Å². The van der Waals surface area contributed by atoms with Crippen LogP contribution in [0.4, 0.5) is 0 Å². The molecule has 0 unspecified atom stereocenters. The summed E-state index contributed by atoms with van der Waals surface area (Å²) in [7, 11) is -3.57. The van der Waals surface area contributed by atoms with Crippen LogP contribution in [0, 0.1) is 0 Å². The zero-order valence-electron chi connectivity index (χ0n) is 15.5. The van der Waals surface area contributed by atoms with Gasteiger partial charge in [0.05, 0.1) is 11.5 Å². The second-order valence-corrected chi connectivity index (χ2v) is 7.74. The Morgan fingerprint density at radius 3 is 1.71 bits per heavy atom. The van der Waals surface area contributed by atoms with Crippen molar-refractivity contribution in [2.24, 2.45) is 0 Å². The average Bonchev–Trinajstić information content (AvgIpc) is 2.56. The third-order valence-corrected chi connectivity index (χ3v) is 5.34. The van der Waals surface area contributed by atoms with Gasteiger partial charge in [-0.25, -0.2) is 0 Å². The van der Waals surface area contributed by atoms with Crippen LogP contribution >= 0.6 is 0 Å². The van der Waals surface area contributed by atoms with Gasteiger partial charge in [0.15, 0.2) is 0 Å². The molecule has 0 atom stereocenters. The van der Waals surface area contributed by atoms with Gasteiger partial charge in [0.2, 0.25) is 0 Å². The maximum Gasteiger partial charge on any atom is 0.296 e. The Morgan fingerprint density at radius 1 is 0.750 bits per heavy atom. The van der Waals surface area contributed by atoms with Crippen LogP contribution in [-0.4, -0.2) is 66.4 Å². The summed E-state index contributed by atoms with van der Waals surface area (Å²) in [6, 6.07) is 8.34. The Labute approximate surface area is 191 Å². The molecule has 5 heteroatoms. The molecule has 0 spiro atoms. The number of rotatable bonds is 14. The van der Waals surface area contributed by atoms with E-state index in [1.807, 2.05) is 0 Å². The number of unbranched alkanes of at least 4 members (excludes halogenated alkanes) is 10. The largest absolute Gasteiger partial charge is 0.296 e. The van der Waals surface area contributed by atoms with Crippen LogP contribution in [0.2, 0.25) is 0 Å². The standard InChI is InChI=1S/C19H32O3S.K/c1-2-3-4-5-6-7-8-9-10-11-15-18-22-23(20,21)19-16-13-12-14-17-19;/h12-14,16-17H,2-11,15,18H2,1H3;. The van der Waals surface area contributed by atoms with E-state index in [2.05, 4.69) is 6.92 Å². The third kappa shape index (κ3) is 12.2. The van der Waals surface area contributed by atoms with Gasteiger partial charge in [-0.15, -0.1) is 0 Å². The van der Waals surface area contributed by atoms with Crippen LogP contribution in [0.15, 0.2) is 35.2 Å². The summed E-state index contributed by atoms with van der Waals surface area (Å²) in [5, 5.41) is 0.